The molecule has 2 aromatic heterocycles. The van der Waals surface area contributed by atoms with Gasteiger partial charge < -0.3 is 25.0 Å². The van der Waals surface area contributed by atoms with Crippen LogP contribution in [0.25, 0.3) is 11.0 Å². The van der Waals surface area contributed by atoms with Gasteiger partial charge in [-0.25, -0.2) is 14.2 Å². The highest BCUT2D eigenvalue weighted by atomic mass is 19.1. The van der Waals surface area contributed by atoms with Crippen LogP contribution >= 0.6 is 0 Å². The fraction of sp³-hybridized carbons (Fsp3) is 0.350. The molecule has 8 nitrogen and oxygen atoms in total. The lowest BCUT2D eigenvalue weighted by atomic mass is 9.85. The molecule has 3 heterocycles. The Hall–Kier alpha value is -3.20. The second kappa shape index (κ2) is 6.15. The SMILES string of the molecule is NC12C=CC=CC1CN(c1nc3c(cc1F)c(=O)c(OC(=O)O)cn3C1CC1)C2. The third-order valence-electron chi connectivity index (χ3n) is 5.78. The molecule has 0 bridgehead atoms. The van der Waals surface area contributed by atoms with Gasteiger partial charge in [-0.1, -0.05) is 24.3 Å². The summed E-state index contributed by atoms with van der Waals surface area (Å²) in [5.41, 5.74) is 5.50. The van der Waals surface area contributed by atoms with Crippen molar-refractivity contribution in [3.05, 3.63) is 52.6 Å². The fourth-order valence-corrected chi connectivity index (χ4v) is 4.16. The number of halogens is 1. The summed E-state index contributed by atoms with van der Waals surface area (Å²) in [4.78, 5) is 29.8. The minimum absolute atomic E-state index is 0.00392. The quantitative estimate of drug-likeness (QED) is 0.763. The van der Waals surface area contributed by atoms with Crippen molar-refractivity contribution in [2.75, 3.05) is 18.0 Å². The smallest absolute Gasteiger partial charge is 0.449 e. The van der Waals surface area contributed by atoms with Crippen molar-refractivity contribution in [1.82, 2.24) is 9.55 Å². The predicted molar refractivity (Wildman–Crippen MR) is 104 cm³/mol. The number of hydrogen-bond donors (Lipinski definition) is 2. The summed E-state index contributed by atoms with van der Waals surface area (Å²) in [7, 11) is 0. The average molecular weight is 398 g/mol. The van der Waals surface area contributed by atoms with Crippen LogP contribution in [0.5, 0.6) is 5.75 Å². The topological polar surface area (TPSA) is 111 Å². The number of pyridine rings is 2. The van der Waals surface area contributed by atoms with E-state index in [1.165, 1.54) is 6.20 Å². The molecule has 0 radical (unpaired) electrons. The number of hydrogen-bond acceptors (Lipinski definition) is 6. The highest BCUT2D eigenvalue weighted by Crippen LogP contribution is 2.39. The molecule has 2 unspecified atom stereocenters. The molecule has 1 saturated carbocycles. The molecule has 29 heavy (non-hydrogen) atoms. The molecule has 2 aliphatic carbocycles. The van der Waals surface area contributed by atoms with Gasteiger partial charge in [-0.2, -0.15) is 0 Å². The first-order chi connectivity index (χ1) is 13.9. The Bertz CT molecular complexity index is 1150. The Morgan fingerprint density at radius 3 is 2.86 bits per heavy atom. The van der Waals surface area contributed by atoms with E-state index in [4.69, 9.17) is 10.8 Å². The summed E-state index contributed by atoms with van der Waals surface area (Å²) in [5.74, 6) is -0.825. The number of nitrogens with two attached hydrogens (primary N) is 1. The standard InChI is InChI=1S/C20H19FN4O4/c21-14-7-13-16(26)15(29-19(27)28)9-25(12-4-5-12)17(13)23-18(14)24-8-11-3-1-2-6-20(11,22)10-24/h1-3,6-7,9,11-12H,4-5,8,10,22H2,(H,27,28). The lowest BCUT2D eigenvalue weighted by Gasteiger charge is -2.26. The van der Waals surface area contributed by atoms with E-state index in [1.54, 1.807) is 9.47 Å². The van der Waals surface area contributed by atoms with Crippen molar-refractivity contribution in [3.63, 3.8) is 0 Å². The largest absolute Gasteiger partial charge is 0.511 e. The molecule has 2 aromatic rings. The van der Waals surface area contributed by atoms with Crippen LogP contribution in [-0.2, 0) is 0 Å². The van der Waals surface area contributed by atoms with Gasteiger partial charge in [0, 0.05) is 25.0 Å². The van der Waals surface area contributed by atoms with Crippen molar-refractivity contribution in [3.8, 4) is 5.75 Å². The molecule has 3 aliphatic rings. The van der Waals surface area contributed by atoms with E-state index in [1.807, 2.05) is 24.3 Å². The maximum atomic E-state index is 15.0. The lowest BCUT2D eigenvalue weighted by molar-refractivity contribution is 0.143. The van der Waals surface area contributed by atoms with Crippen molar-refractivity contribution in [2.45, 2.75) is 24.4 Å². The van der Waals surface area contributed by atoms with Crippen LogP contribution in [0.3, 0.4) is 0 Å². The van der Waals surface area contributed by atoms with E-state index >= 15 is 4.39 Å². The number of fused-ring (bicyclic) bond motifs is 2. The molecule has 2 fully saturated rings. The number of aromatic nitrogens is 2. The van der Waals surface area contributed by atoms with Gasteiger partial charge in [-0.05, 0) is 18.9 Å². The third kappa shape index (κ3) is 2.89. The lowest BCUT2D eigenvalue weighted by Crippen LogP contribution is -2.46. The molecule has 9 heteroatoms. The zero-order valence-electron chi connectivity index (χ0n) is 15.4. The number of ether oxygens (including phenoxy) is 1. The van der Waals surface area contributed by atoms with Gasteiger partial charge in [0.05, 0.1) is 17.1 Å². The minimum Gasteiger partial charge on any atom is -0.449 e. The van der Waals surface area contributed by atoms with E-state index in [0.29, 0.717) is 18.7 Å². The first kappa shape index (κ1) is 17.9. The molecule has 1 aliphatic heterocycles. The number of nitrogens with zero attached hydrogens (tertiary/aromatic N) is 3. The van der Waals surface area contributed by atoms with Crippen LogP contribution in [0.4, 0.5) is 15.0 Å². The number of rotatable bonds is 3. The molecule has 5 rings (SSSR count). The number of allylic oxidation sites excluding steroid dienone is 2. The van der Waals surface area contributed by atoms with Gasteiger partial charge in [-0.15, -0.1) is 0 Å². The Kier molecular flexibility index (Phi) is 3.79. The van der Waals surface area contributed by atoms with E-state index < -0.39 is 22.9 Å². The van der Waals surface area contributed by atoms with Gasteiger partial charge >= 0.3 is 6.16 Å². The molecule has 150 valence electrons. The molecule has 2 atom stereocenters. The van der Waals surface area contributed by atoms with Crippen LogP contribution in [0.2, 0.25) is 0 Å². The first-order valence-corrected chi connectivity index (χ1v) is 9.42. The highest BCUT2D eigenvalue weighted by molar-refractivity contribution is 5.80. The molecule has 0 amide bonds. The van der Waals surface area contributed by atoms with Crippen molar-refractivity contribution < 1.29 is 19.0 Å². The number of carbonyl (C=O) groups is 1. The first-order valence-electron chi connectivity index (χ1n) is 9.42. The number of carboxylic acid groups (broad SMARTS) is 1. The van der Waals surface area contributed by atoms with Gasteiger partial charge in [-0.3, -0.25) is 4.79 Å². The van der Waals surface area contributed by atoms with Crippen molar-refractivity contribution in [1.29, 1.82) is 0 Å². The molecule has 1 saturated heterocycles. The Morgan fingerprint density at radius 1 is 1.38 bits per heavy atom. The van der Waals surface area contributed by atoms with Gasteiger partial charge in [0.15, 0.2) is 17.4 Å². The Balaban J connectivity index is 1.64. The summed E-state index contributed by atoms with van der Waals surface area (Å²) in [6.07, 6.45) is 9.24. The maximum absolute atomic E-state index is 15.0. The van der Waals surface area contributed by atoms with Crippen LogP contribution in [-0.4, -0.2) is 39.4 Å². The number of anilines is 1. The van der Waals surface area contributed by atoms with E-state index in [-0.39, 0.29) is 28.9 Å². The van der Waals surface area contributed by atoms with Gasteiger partial charge in [0.2, 0.25) is 5.43 Å². The van der Waals surface area contributed by atoms with Crippen molar-refractivity contribution >= 4 is 23.0 Å². The van der Waals surface area contributed by atoms with Crippen molar-refractivity contribution in [2.24, 2.45) is 11.7 Å². The zero-order chi connectivity index (χ0) is 20.3. The second-order valence-corrected chi connectivity index (χ2v) is 7.84. The van der Waals surface area contributed by atoms with Crippen LogP contribution in [0.15, 0.2) is 41.4 Å². The molecular weight excluding hydrogens is 379 g/mol. The van der Waals surface area contributed by atoms with Gasteiger partial charge in [0.1, 0.15) is 5.65 Å². The predicted octanol–water partition coefficient (Wildman–Crippen LogP) is 2.19. The average Bonchev–Trinajstić information content (AvgIpc) is 3.44. The van der Waals surface area contributed by atoms with E-state index in [2.05, 4.69) is 9.72 Å². The third-order valence-corrected chi connectivity index (χ3v) is 5.78. The maximum Gasteiger partial charge on any atom is 0.511 e. The monoisotopic (exact) mass is 398 g/mol. The molecular formula is C20H19FN4O4. The molecule has 0 aromatic carbocycles. The summed E-state index contributed by atoms with van der Waals surface area (Å²) in [5, 5.41) is 8.88. The Morgan fingerprint density at radius 2 is 2.17 bits per heavy atom. The second-order valence-electron chi connectivity index (χ2n) is 7.84. The van der Waals surface area contributed by atoms with Crippen LogP contribution < -0.4 is 20.8 Å². The highest BCUT2D eigenvalue weighted by Gasteiger charge is 2.42. The molecule has 3 N–H and O–H groups in total. The minimum atomic E-state index is -1.59. The summed E-state index contributed by atoms with van der Waals surface area (Å²) >= 11 is 0. The molecule has 0 spiro atoms. The summed E-state index contributed by atoms with van der Waals surface area (Å²) in [6.45, 7) is 0.919. The van der Waals surface area contributed by atoms with E-state index in [9.17, 15) is 9.59 Å². The normalized spacial score (nSPS) is 25.4. The zero-order valence-corrected chi connectivity index (χ0v) is 15.4. The fourth-order valence-electron chi connectivity index (χ4n) is 4.16. The van der Waals surface area contributed by atoms with Crippen LogP contribution in [0, 0.1) is 11.7 Å². The Labute approximate surface area is 164 Å². The van der Waals surface area contributed by atoms with E-state index in [0.717, 1.165) is 18.9 Å². The summed E-state index contributed by atoms with van der Waals surface area (Å²) in [6, 6.07) is 1.19. The van der Waals surface area contributed by atoms with Crippen LogP contribution in [0.1, 0.15) is 18.9 Å². The summed E-state index contributed by atoms with van der Waals surface area (Å²) < 4.78 is 21.3. The van der Waals surface area contributed by atoms with Gasteiger partial charge in [0.25, 0.3) is 0 Å².